The zero-order valence-corrected chi connectivity index (χ0v) is 11.8. The predicted octanol–water partition coefficient (Wildman–Crippen LogP) is 4.59. The molecular weight excluding hydrogens is 244 g/mol. The molecule has 0 amide bonds. The number of benzene rings is 1. The van der Waals surface area contributed by atoms with Gasteiger partial charge in [0.2, 0.25) is 0 Å². The van der Waals surface area contributed by atoms with Crippen molar-refractivity contribution in [2.45, 2.75) is 52.0 Å². The van der Waals surface area contributed by atoms with E-state index in [1.165, 1.54) is 44.2 Å². The van der Waals surface area contributed by atoms with Gasteiger partial charge in [0.25, 0.3) is 0 Å². The van der Waals surface area contributed by atoms with Crippen molar-refractivity contribution in [1.29, 1.82) is 0 Å². The number of hydrogen-bond donors (Lipinski definition) is 1. The van der Waals surface area contributed by atoms with E-state index in [9.17, 15) is 8.78 Å². The van der Waals surface area contributed by atoms with E-state index >= 15 is 0 Å². The van der Waals surface area contributed by atoms with E-state index < -0.39 is 11.6 Å². The van der Waals surface area contributed by atoms with Crippen molar-refractivity contribution in [2.24, 2.45) is 5.41 Å². The van der Waals surface area contributed by atoms with E-state index in [1.807, 2.05) is 6.92 Å². The average Bonchev–Trinajstić information content (AvgIpc) is 2.40. The average molecular weight is 267 g/mol. The molecule has 0 aliphatic heterocycles. The summed E-state index contributed by atoms with van der Waals surface area (Å²) in [6.45, 7) is 5.25. The molecular formula is C16H23F2N. The van der Waals surface area contributed by atoms with Gasteiger partial charge in [-0.15, -0.1) is 0 Å². The standard InChI is InChI=1S/C16H23F2N/c1-12(13-6-7-14(17)15(18)10-13)19-11-16(2)8-4-3-5-9-16/h6-7,10,12,19H,3-5,8-9,11H2,1-2H3. The Bertz CT molecular complexity index is 425. The lowest BCUT2D eigenvalue weighted by atomic mass is 9.75. The zero-order valence-electron chi connectivity index (χ0n) is 11.8. The molecule has 106 valence electrons. The summed E-state index contributed by atoms with van der Waals surface area (Å²) >= 11 is 0. The van der Waals surface area contributed by atoms with Gasteiger partial charge in [-0.2, -0.15) is 0 Å². The first-order valence-electron chi connectivity index (χ1n) is 7.18. The molecule has 0 saturated heterocycles. The maximum absolute atomic E-state index is 13.2. The Kier molecular flexibility index (Phi) is 4.56. The molecule has 2 rings (SSSR count). The maximum atomic E-state index is 13.2. The van der Waals surface area contributed by atoms with Gasteiger partial charge in [-0.05, 0) is 42.9 Å². The molecule has 1 fully saturated rings. The van der Waals surface area contributed by atoms with Crippen LogP contribution in [0.2, 0.25) is 0 Å². The van der Waals surface area contributed by atoms with E-state index in [4.69, 9.17) is 0 Å². The summed E-state index contributed by atoms with van der Waals surface area (Å²) in [7, 11) is 0. The normalized spacial score (nSPS) is 20.2. The van der Waals surface area contributed by atoms with E-state index in [2.05, 4.69) is 12.2 Å². The third-order valence-electron chi connectivity index (χ3n) is 4.34. The first-order valence-corrected chi connectivity index (χ1v) is 7.18. The van der Waals surface area contributed by atoms with Crippen molar-refractivity contribution in [3.8, 4) is 0 Å². The third kappa shape index (κ3) is 3.75. The minimum absolute atomic E-state index is 0.0499. The largest absolute Gasteiger partial charge is 0.310 e. The second-order valence-electron chi connectivity index (χ2n) is 6.15. The summed E-state index contributed by atoms with van der Waals surface area (Å²) in [5, 5.41) is 3.47. The van der Waals surface area contributed by atoms with Crippen molar-refractivity contribution < 1.29 is 8.78 Å². The monoisotopic (exact) mass is 267 g/mol. The molecule has 1 N–H and O–H groups in total. The molecule has 1 saturated carbocycles. The Hall–Kier alpha value is -0.960. The molecule has 0 aromatic heterocycles. The fourth-order valence-corrected chi connectivity index (χ4v) is 2.88. The van der Waals surface area contributed by atoms with Gasteiger partial charge in [-0.1, -0.05) is 32.3 Å². The summed E-state index contributed by atoms with van der Waals surface area (Å²) in [4.78, 5) is 0. The highest BCUT2D eigenvalue weighted by atomic mass is 19.2. The van der Waals surface area contributed by atoms with Crippen LogP contribution < -0.4 is 5.32 Å². The van der Waals surface area contributed by atoms with Crippen LogP contribution in [0.4, 0.5) is 8.78 Å². The maximum Gasteiger partial charge on any atom is 0.159 e. The molecule has 1 atom stereocenters. The minimum atomic E-state index is -0.782. The smallest absolute Gasteiger partial charge is 0.159 e. The summed E-state index contributed by atoms with van der Waals surface area (Å²) in [6, 6.07) is 4.19. The number of rotatable bonds is 4. The van der Waals surface area contributed by atoms with Gasteiger partial charge in [0, 0.05) is 12.6 Å². The van der Waals surface area contributed by atoms with Crippen LogP contribution >= 0.6 is 0 Å². The summed E-state index contributed by atoms with van der Waals surface area (Å²) in [6.07, 6.45) is 6.46. The van der Waals surface area contributed by atoms with Crippen LogP contribution in [0.15, 0.2) is 18.2 Å². The predicted molar refractivity (Wildman–Crippen MR) is 74.0 cm³/mol. The quantitative estimate of drug-likeness (QED) is 0.841. The van der Waals surface area contributed by atoms with Crippen LogP contribution in [-0.2, 0) is 0 Å². The lowest BCUT2D eigenvalue weighted by Gasteiger charge is -2.35. The van der Waals surface area contributed by atoms with Gasteiger partial charge in [0.15, 0.2) is 11.6 Å². The van der Waals surface area contributed by atoms with E-state index in [0.717, 1.165) is 12.1 Å². The Morgan fingerprint density at radius 2 is 1.84 bits per heavy atom. The van der Waals surface area contributed by atoms with Gasteiger partial charge < -0.3 is 5.32 Å². The molecule has 0 spiro atoms. The SMILES string of the molecule is CC(NCC1(C)CCCCC1)c1ccc(F)c(F)c1. The van der Waals surface area contributed by atoms with Crippen molar-refractivity contribution >= 4 is 0 Å². The van der Waals surface area contributed by atoms with E-state index in [0.29, 0.717) is 5.41 Å². The highest BCUT2D eigenvalue weighted by Gasteiger charge is 2.26. The molecule has 1 aromatic rings. The first-order chi connectivity index (χ1) is 9.00. The molecule has 1 nitrogen and oxygen atoms in total. The first kappa shape index (κ1) is 14.4. The van der Waals surface area contributed by atoms with Crippen LogP contribution in [0.1, 0.15) is 57.6 Å². The molecule has 19 heavy (non-hydrogen) atoms. The topological polar surface area (TPSA) is 12.0 Å². The second-order valence-corrected chi connectivity index (χ2v) is 6.15. The van der Waals surface area contributed by atoms with Crippen LogP contribution in [0.3, 0.4) is 0 Å². The molecule has 3 heteroatoms. The van der Waals surface area contributed by atoms with Gasteiger partial charge in [0.05, 0.1) is 0 Å². The zero-order chi connectivity index (χ0) is 13.9. The Morgan fingerprint density at radius 3 is 2.47 bits per heavy atom. The van der Waals surface area contributed by atoms with Gasteiger partial charge in [0.1, 0.15) is 0 Å². The molecule has 1 aliphatic rings. The molecule has 0 radical (unpaired) electrons. The fourth-order valence-electron chi connectivity index (χ4n) is 2.88. The van der Waals surface area contributed by atoms with Crippen LogP contribution in [0.25, 0.3) is 0 Å². The number of nitrogens with one attached hydrogen (secondary N) is 1. The fraction of sp³-hybridized carbons (Fsp3) is 0.625. The van der Waals surface area contributed by atoms with E-state index in [1.54, 1.807) is 6.07 Å². The minimum Gasteiger partial charge on any atom is -0.310 e. The summed E-state index contributed by atoms with van der Waals surface area (Å²) < 4.78 is 26.1. The second kappa shape index (κ2) is 6.00. The Balaban J connectivity index is 1.93. The molecule has 1 unspecified atom stereocenters. The number of halogens is 2. The van der Waals surface area contributed by atoms with Crippen molar-refractivity contribution in [2.75, 3.05) is 6.54 Å². The molecule has 0 heterocycles. The lowest BCUT2D eigenvalue weighted by Crippen LogP contribution is -2.35. The Labute approximate surface area is 114 Å². The lowest BCUT2D eigenvalue weighted by molar-refractivity contribution is 0.202. The van der Waals surface area contributed by atoms with Gasteiger partial charge in [-0.25, -0.2) is 8.78 Å². The van der Waals surface area contributed by atoms with Crippen LogP contribution in [0.5, 0.6) is 0 Å². The molecule has 0 bridgehead atoms. The Morgan fingerprint density at radius 1 is 1.16 bits per heavy atom. The van der Waals surface area contributed by atoms with Crippen LogP contribution in [-0.4, -0.2) is 6.54 Å². The molecule has 1 aliphatic carbocycles. The van der Waals surface area contributed by atoms with Gasteiger partial charge in [-0.3, -0.25) is 0 Å². The number of hydrogen-bond acceptors (Lipinski definition) is 1. The van der Waals surface area contributed by atoms with Crippen molar-refractivity contribution in [3.63, 3.8) is 0 Å². The van der Waals surface area contributed by atoms with Crippen molar-refractivity contribution in [1.82, 2.24) is 5.32 Å². The van der Waals surface area contributed by atoms with Gasteiger partial charge >= 0.3 is 0 Å². The summed E-state index contributed by atoms with van der Waals surface area (Å²) in [5.74, 6) is -1.55. The van der Waals surface area contributed by atoms with E-state index in [-0.39, 0.29) is 6.04 Å². The third-order valence-corrected chi connectivity index (χ3v) is 4.34. The highest BCUT2D eigenvalue weighted by Crippen LogP contribution is 2.35. The molecule has 1 aromatic carbocycles. The summed E-state index contributed by atoms with van der Waals surface area (Å²) in [5.41, 5.74) is 1.16. The van der Waals surface area contributed by atoms with Crippen molar-refractivity contribution in [3.05, 3.63) is 35.4 Å². The highest BCUT2D eigenvalue weighted by molar-refractivity contribution is 5.20. The van der Waals surface area contributed by atoms with Crippen LogP contribution in [0, 0.1) is 17.0 Å².